The number of ether oxygens (including phenoxy) is 2. The van der Waals surface area contributed by atoms with Crippen molar-refractivity contribution in [2.24, 2.45) is 0 Å². The minimum atomic E-state index is -0.837. The number of methoxy groups -OCH3 is 2. The number of anilines is 1. The number of allylic oxidation sites excluding steroid dienone is 1. The van der Waals surface area contributed by atoms with Gasteiger partial charge in [-0.25, -0.2) is 9.59 Å². The van der Waals surface area contributed by atoms with E-state index < -0.39 is 18.0 Å². The summed E-state index contributed by atoms with van der Waals surface area (Å²) in [5.41, 5.74) is 2.37. The van der Waals surface area contributed by atoms with Crippen LogP contribution >= 0.6 is 0 Å². The van der Waals surface area contributed by atoms with E-state index in [1.807, 2.05) is 19.1 Å². The summed E-state index contributed by atoms with van der Waals surface area (Å²) < 4.78 is 11.1. The molecule has 0 fully saturated rings. The third-order valence-electron chi connectivity index (χ3n) is 5.11. The highest BCUT2D eigenvalue weighted by Crippen LogP contribution is 2.36. The van der Waals surface area contributed by atoms with Gasteiger partial charge in [0.1, 0.15) is 11.7 Å². The van der Waals surface area contributed by atoms with E-state index in [0.717, 1.165) is 5.56 Å². The van der Waals surface area contributed by atoms with Crippen molar-refractivity contribution in [3.05, 3.63) is 82.1 Å². The van der Waals surface area contributed by atoms with Gasteiger partial charge in [-0.3, -0.25) is 4.79 Å². The van der Waals surface area contributed by atoms with E-state index >= 15 is 0 Å². The van der Waals surface area contributed by atoms with Crippen molar-refractivity contribution in [1.29, 1.82) is 0 Å². The zero-order valence-corrected chi connectivity index (χ0v) is 17.5. The van der Waals surface area contributed by atoms with Crippen LogP contribution in [0.3, 0.4) is 0 Å². The summed E-state index contributed by atoms with van der Waals surface area (Å²) in [7, 11) is 2.52. The summed E-state index contributed by atoms with van der Waals surface area (Å²) in [5, 5.41) is 14.4. The predicted molar refractivity (Wildman–Crippen MR) is 112 cm³/mol. The van der Waals surface area contributed by atoms with Crippen molar-refractivity contribution < 1.29 is 23.9 Å². The fourth-order valence-electron chi connectivity index (χ4n) is 3.48. The summed E-state index contributed by atoms with van der Waals surface area (Å²) in [6.45, 7) is 1.91. The van der Waals surface area contributed by atoms with E-state index in [2.05, 4.69) is 20.8 Å². The SMILES string of the molecule is COC(=O)C1=C(C(=O)c2ccc(C)cc2)C(c2ccc(C(=O)OC)cc2)n2nnnc2N1. The summed E-state index contributed by atoms with van der Waals surface area (Å²) in [4.78, 5) is 38.1. The highest BCUT2D eigenvalue weighted by Gasteiger charge is 2.38. The molecule has 2 heterocycles. The molecule has 0 amide bonds. The van der Waals surface area contributed by atoms with Gasteiger partial charge in [0.15, 0.2) is 5.78 Å². The Bertz CT molecular complexity index is 1230. The van der Waals surface area contributed by atoms with Crippen LogP contribution in [0.2, 0.25) is 0 Å². The van der Waals surface area contributed by atoms with Crippen molar-refractivity contribution in [1.82, 2.24) is 20.2 Å². The first-order chi connectivity index (χ1) is 15.4. The number of nitrogens with zero attached hydrogens (tertiary/aromatic N) is 4. The molecule has 1 aliphatic rings. The van der Waals surface area contributed by atoms with Gasteiger partial charge < -0.3 is 14.8 Å². The number of ketones is 1. The second kappa shape index (κ2) is 8.42. The van der Waals surface area contributed by atoms with Gasteiger partial charge in [0, 0.05) is 5.56 Å². The van der Waals surface area contributed by atoms with Gasteiger partial charge in [0.2, 0.25) is 5.95 Å². The van der Waals surface area contributed by atoms with Crippen LogP contribution in [0.25, 0.3) is 0 Å². The molecular weight excluding hydrogens is 414 g/mol. The molecule has 1 aliphatic heterocycles. The Balaban J connectivity index is 1.90. The lowest BCUT2D eigenvalue weighted by molar-refractivity contribution is -0.136. The number of carbonyl (C=O) groups excluding carboxylic acids is 3. The molecule has 3 aromatic rings. The van der Waals surface area contributed by atoms with Crippen molar-refractivity contribution in [3.63, 3.8) is 0 Å². The molecule has 0 radical (unpaired) electrons. The first kappa shape index (κ1) is 20.9. The molecule has 0 bridgehead atoms. The molecule has 4 rings (SSSR count). The maximum atomic E-state index is 13.6. The van der Waals surface area contributed by atoms with Crippen LogP contribution in [-0.4, -0.2) is 52.1 Å². The van der Waals surface area contributed by atoms with Crippen molar-refractivity contribution >= 4 is 23.7 Å². The van der Waals surface area contributed by atoms with Crippen LogP contribution in [-0.2, 0) is 14.3 Å². The smallest absolute Gasteiger partial charge is 0.355 e. The van der Waals surface area contributed by atoms with Gasteiger partial charge in [-0.05, 0) is 35.0 Å². The minimum Gasteiger partial charge on any atom is -0.465 e. The second-order valence-electron chi connectivity index (χ2n) is 7.06. The Kier molecular flexibility index (Phi) is 5.50. The first-order valence-corrected chi connectivity index (χ1v) is 9.61. The van der Waals surface area contributed by atoms with E-state index in [-0.39, 0.29) is 23.0 Å². The summed E-state index contributed by atoms with van der Waals surface area (Å²) in [6.07, 6.45) is 0. The lowest BCUT2D eigenvalue weighted by Gasteiger charge is -2.28. The molecule has 0 saturated heterocycles. The second-order valence-corrected chi connectivity index (χ2v) is 7.06. The molecule has 1 atom stereocenters. The Hall–Kier alpha value is -4.34. The molecule has 1 unspecified atom stereocenters. The number of rotatable bonds is 5. The van der Waals surface area contributed by atoms with Crippen molar-refractivity contribution in [3.8, 4) is 0 Å². The van der Waals surface area contributed by atoms with Gasteiger partial charge in [-0.2, -0.15) is 4.68 Å². The molecule has 32 heavy (non-hydrogen) atoms. The number of benzene rings is 2. The molecule has 0 saturated carbocycles. The Morgan fingerprint density at radius 2 is 1.53 bits per heavy atom. The number of hydrogen-bond acceptors (Lipinski definition) is 9. The zero-order chi connectivity index (χ0) is 22.8. The Labute approximate surface area is 182 Å². The average Bonchev–Trinajstić information content (AvgIpc) is 3.30. The maximum absolute atomic E-state index is 13.6. The van der Waals surface area contributed by atoms with Crippen LogP contribution in [0.4, 0.5) is 5.95 Å². The monoisotopic (exact) mass is 433 g/mol. The van der Waals surface area contributed by atoms with Crippen LogP contribution in [0, 0.1) is 6.92 Å². The number of tetrazole rings is 1. The number of nitrogens with one attached hydrogen (secondary N) is 1. The number of Topliss-reactive ketones (excluding diaryl/α,β-unsaturated/α-hetero) is 1. The molecule has 162 valence electrons. The topological polar surface area (TPSA) is 125 Å². The molecule has 1 aromatic heterocycles. The van der Waals surface area contributed by atoms with Gasteiger partial charge in [-0.15, -0.1) is 0 Å². The zero-order valence-electron chi connectivity index (χ0n) is 17.5. The first-order valence-electron chi connectivity index (χ1n) is 9.61. The van der Waals surface area contributed by atoms with Crippen molar-refractivity contribution in [2.75, 3.05) is 19.5 Å². The number of aryl methyl sites for hydroxylation is 1. The van der Waals surface area contributed by atoms with E-state index in [0.29, 0.717) is 16.7 Å². The van der Waals surface area contributed by atoms with Gasteiger partial charge in [0.25, 0.3) is 0 Å². The van der Waals surface area contributed by atoms with E-state index in [1.165, 1.54) is 18.9 Å². The standard InChI is InChI=1S/C22H19N5O5/c1-12-4-6-14(7-5-12)19(28)16-17(21(30)32-3)23-22-24-25-26-27(22)18(16)13-8-10-15(11-9-13)20(29)31-2/h4-11,18H,1-3H3,(H,23,24,26). The lowest BCUT2D eigenvalue weighted by Crippen LogP contribution is -2.33. The largest absolute Gasteiger partial charge is 0.465 e. The van der Waals surface area contributed by atoms with Crippen LogP contribution in [0.5, 0.6) is 0 Å². The molecular formula is C22H19N5O5. The normalized spacial score (nSPS) is 14.9. The van der Waals surface area contributed by atoms with Crippen molar-refractivity contribution in [2.45, 2.75) is 13.0 Å². The molecule has 10 nitrogen and oxygen atoms in total. The van der Waals surface area contributed by atoms with Crippen LogP contribution < -0.4 is 5.32 Å². The van der Waals surface area contributed by atoms with Crippen LogP contribution in [0.15, 0.2) is 59.8 Å². The van der Waals surface area contributed by atoms with Gasteiger partial charge in [-0.1, -0.05) is 47.1 Å². The van der Waals surface area contributed by atoms with E-state index in [1.54, 1.807) is 36.4 Å². The minimum absolute atomic E-state index is 0.0533. The molecule has 2 aromatic carbocycles. The molecule has 10 heteroatoms. The average molecular weight is 433 g/mol. The quantitative estimate of drug-likeness (QED) is 0.475. The molecule has 0 spiro atoms. The third-order valence-corrected chi connectivity index (χ3v) is 5.11. The Morgan fingerprint density at radius 1 is 0.906 bits per heavy atom. The Morgan fingerprint density at radius 3 is 2.16 bits per heavy atom. The highest BCUT2D eigenvalue weighted by atomic mass is 16.5. The summed E-state index contributed by atoms with van der Waals surface area (Å²) in [5.74, 6) is -1.44. The number of carbonyl (C=O) groups is 3. The number of fused-ring (bicyclic) bond motifs is 1. The number of hydrogen-bond donors (Lipinski definition) is 1. The predicted octanol–water partition coefficient (Wildman–Crippen LogP) is 2.09. The molecule has 1 N–H and O–H groups in total. The van der Waals surface area contributed by atoms with E-state index in [4.69, 9.17) is 9.47 Å². The maximum Gasteiger partial charge on any atom is 0.355 e. The fraction of sp³-hybridized carbons (Fsp3) is 0.182. The van der Waals surface area contributed by atoms with Gasteiger partial charge in [0.05, 0.1) is 25.4 Å². The number of aromatic nitrogens is 4. The summed E-state index contributed by atoms with van der Waals surface area (Å²) >= 11 is 0. The summed E-state index contributed by atoms with van der Waals surface area (Å²) in [6, 6.07) is 12.6. The fourth-order valence-corrected chi connectivity index (χ4v) is 3.48. The van der Waals surface area contributed by atoms with Crippen LogP contribution in [0.1, 0.15) is 37.9 Å². The number of esters is 2. The molecule has 0 aliphatic carbocycles. The van der Waals surface area contributed by atoms with Gasteiger partial charge >= 0.3 is 11.9 Å². The lowest BCUT2D eigenvalue weighted by atomic mass is 9.89. The highest BCUT2D eigenvalue weighted by molar-refractivity contribution is 6.15. The third kappa shape index (κ3) is 3.62. The van der Waals surface area contributed by atoms with E-state index in [9.17, 15) is 14.4 Å².